The minimum absolute atomic E-state index is 0.355. The first-order chi connectivity index (χ1) is 5.77. The van der Waals surface area contributed by atoms with E-state index in [1.54, 1.807) is 18.2 Å². The first-order valence-corrected chi connectivity index (χ1v) is 4.23. The number of amides is 1. The molecule has 0 spiro atoms. The molecule has 0 radical (unpaired) electrons. The van der Waals surface area contributed by atoms with Crippen molar-refractivity contribution in [3.63, 3.8) is 0 Å². The standard InChI is InChI=1S/C8H7Cl2NO/c9-4-6-1-2-7(10)3-8(6)11-5-12/h1-3,5H,4H2,(H,11,12). The average molecular weight is 204 g/mol. The van der Waals surface area contributed by atoms with E-state index in [0.29, 0.717) is 23.0 Å². The van der Waals surface area contributed by atoms with E-state index in [4.69, 9.17) is 23.2 Å². The Morgan fingerprint density at radius 3 is 2.83 bits per heavy atom. The maximum Gasteiger partial charge on any atom is 0.211 e. The summed E-state index contributed by atoms with van der Waals surface area (Å²) in [6.07, 6.45) is 0.599. The molecule has 0 unspecified atom stereocenters. The lowest BCUT2D eigenvalue weighted by Crippen LogP contribution is -1.97. The van der Waals surface area contributed by atoms with E-state index < -0.39 is 0 Å². The third kappa shape index (κ3) is 2.13. The highest BCUT2D eigenvalue weighted by Crippen LogP contribution is 2.21. The number of hydrogen-bond donors (Lipinski definition) is 1. The van der Waals surface area contributed by atoms with Crippen molar-refractivity contribution in [3.05, 3.63) is 28.8 Å². The van der Waals surface area contributed by atoms with E-state index in [-0.39, 0.29) is 0 Å². The monoisotopic (exact) mass is 203 g/mol. The Morgan fingerprint density at radius 2 is 2.25 bits per heavy atom. The molecule has 0 saturated carbocycles. The second-order valence-corrected chi connectivity index (χ2v) is 2.90. The van der Waals surface area contributed by atoms with E-state index in [9.17, 15) is 4.79 Å². The molecule has 1 amide bonds. The predicted octanol–water partition coefficient (Wildman–Crippen LogP) is 2.65. The molecule has 0 aliphatic carbocycles. The van der Waals surface area contributed by atoms with Crippen molar-refractivity contribution >= 4 is 35.3 Å². The Balaban J connectivity index is 3.03. The van der Waals surface area contributed by atoms with E-state index in [0.717, 1.165) is 5.56 Å². The quantitative estimate of drug-likeness (QED) is 0.595. The van der Waals surface area contributed by atoms with E-state index in [1.165, 1.54) is 0 Å². The van der Waals surface area contributed by atoms with Crippen molar-refractivity contribution in [2.75, 3.05) is 5.32 Å². The molecule has 1 aromatic rings. The summed E-state index contributed by atoms with van der Waals surface area (Å²) in [4.78, 5) is 10.2. The normalized spacial score (nSPS) is 9.50. The molecule has 0 bridgehead atoms. The minimum Gasteiger partial charge on any atom is -0.328 e. The first-order valence-electron chi connectivity index (χ1n) is 3.32. The molecule has 0 aliphatic rings. The summed E-state index contributed by atoms with van der Waals surface area (Å²) in [6, 6.07) is 5.17. The summed E-state index contributed by atoms with van der Waals surface area (Å²) in [5.41, 5.74) is 1.51. The van der Waals surface area contributed by atoms with Crippen LogP contribution in [-0.2, 0) is 10.7 Å². The summed E-state index contributed by atoms with van der Waals surface area (Å²) in [6.45, 7) is 0. The summed E-state index contributed by atoms with van der Waals surface area (Å²) in [7, 11) is 0. The number of rotatable bonds is 3. The molecule has 0 aromatic heterocycles. The van der Waals surface area contributed by atoms with Crippen molar-refractivity contribution < 1.29 is 4.79 Å². The lowest BCUT2D eigenvalue weighted by atomic mass is 10.2. The van der Waals surface area contributed by atoms with Crippen LogP contribution in [0.15, 0.2) is 18.2 Å². The highest BCUT2D eigenvalue weighted by molar-refractivity contribution is 6.31. The van der Waals surface area contributed by atoms with Crippen LogP contribution in [0.3, 0.4) is 0 Å². The van der Waals surface area contributed by atoms with Gasteiger partial charge in [-0.15, -0.1) is 11.6 Å². The fraction of sp³-hybridized carbons (Fsp3) is 0.125. The maximum atomic E-state index is 10.2. The van der Waals surface area contributed by atoms with Crippen molar-refractivity contribution in [3.8, 4) is 0 Å². The maximum absolute atomic E-state index is 10.2. The third-order valence-corrected chi connectivity index (χ3v) is 1.95. The molecule has 1 aromatic carbocycles. The van der Waals surface area contributed by atoms with Crippen LogP contribution in [0.25, 0.3) is 0 Å². The van der Waals surface area contributed by atoms with Crippen molar-refractivity contribution in [2.45, 2.75) is 5.88 Å². The van der Waals surface area contributed by atoms with Crippen LogP contribution in [0.4, 0.5) is 5.69 Å². The van der Waals surface area contributed by atoms with Crippen LogP contribution in [0, 0.1) is 0 Å². The Morgan fingerprint density at radius 1 is 1.50 bits per heavy atom. The van der Waals surface area contributed by atoms with Crippen LogP contribution < -0.4 is 5.32 Å². The number of carbonyl (C=O) groups excluding carboxylic acids is 1. The molecule has 0 saturated heterocycles. The molecule has 2 nitrogen and oxygen atoms in total. The molecule has 1 rings (SSSR count). The summed E-state index contributed by atoms with van der Waals surface area (Å²) in [5, 5.41) is 3.10. The Hall–Kier alpha value is -0.730. The van der Waals surface area contributed by atoms with Crippen LogP contribution in [0.1, 0.15) is 5.56 Å². The smallest absolute Gasteiger partial charge is 0.211 e. The number of halogens is 2. The number of hydrogen-bond acceptors (Lipinski definition) is 1. The zero-order chi connectivity index (χ0) is 8.97. The highest BCUT2D eigenvalue weighted by atomic mass is 35.5. The second-order valence-electron chi connectivity index (χ2n) is 2.20. The van der Waals surface area contributed by atoms with E-state index in [2.05, 4.69) is 5.32 Å². The molecule has 0 atom stereocenters. The summed E-state index contributed by atoms with van der Waals surface area (Å²) < 4.78 is 0. The van der Waals surface area contributed by atoms with Gasteiger partial charge in [0.25, 0.3) is 0 Å². The molecule has 64 valence electrons. The zero-order valence-electron chi connectivity index (χ0n) is 6.18. The Kier molecular flexibility index (Phi) is 3.38. The fourth-order valence-electron chi connectivity index (χ4n) is 0.863. The van der Waals surface area contributed by atoms with Crippen molar-refractivity contribution in [1.29, 1.82) is 0 Å². The predicted molar refractivity (Wildman–Crippen MR) is 50.7 cm³/mol. The van der Waals surface area contributed by atoms with Gasteiger partial charge in [-0.1, -0.05) is 17.7 Å². The van der Waals surface area contributed by atoms with Gasteiger partial charge in [-0.2, -0.15) is 0 Å². The Labute approximate surface area is 80.5 Å². The SMILES string of the molecule is O=CNc1cc(Cl)ccc1CCl. The molecule has 1 N–H and O–H groups in total. The van der Waals surface area contributed by atoms with Gasteiger partial charge in [0.15, 0.2) is 0 Å². The number of alkyl halides is 1. The molecule has 12 heavy (non-hydrogen) atoms. The number of nitrogens with one attached hydrogen (secondary N) is 1. The van der Waals surface area contributed by atoms with Crippen molar-refractivity contribution in [2.24, 2.45) is 0 Å². The van der Waals surface area contributed by atoms with Gasteiger partial charge in [0, 0.05) is 16.6 Å². The largest absolute Gasteiger partial charge is 0.328 e. The summed E-state index contributed by atoms with van der Waals surface area (Å²) in [5.74, 6) is 0.355. The average Bonchev–Trinajstić information content (AvgIpc) is 2.05. The topological polar surface area (TPSA) is 29.1 Å². The van der Waals surface area contributed by atoms with Crippen LogP contribution in [0.2, 0.25) is 5.02 Å². The molecule has 0 heterocycles. The van der Waals surface area contributed by atoms with Gasteiger partial charge >= 0.3 is 0 Å². The van der Waals surface area contributed by atoms with Crippen LogP contribution in [0.5, 0.6) is 0 Å². The number of anilines is 1. The molecule has 0 fully saturated rings. The van der Waals surface area contributed by atoms with Gasteiger partial charge in [0.2, 0.25) is 6.41 Å². The van der Waals surface area contributed by atoms with E-state index >= 15 is 0 Å². The molecule has 4 heteroatoms. The van der Waals surface area contributed by atoms with Gasteiger partial charge < -0.3 is 5.32 Å². The third-order valence-electron chi connectivity index (χ3n) is 1.43. The molecular weight excluding hydrogens is 197 g/mol. The second kappa shape index (κ2) is 4.33. The van der Waals surface area contributed by atoms with Gasteiger partial charge in [-0.3, -0.25) is 4.79 Å². The van der Waals surface area contributed by atoms with Crippen LogP contribution >= 0.6 is 23.2 Å². The van der Waals surface area contributed by atoms with Gasteiger partial charge in [0.05, 0.1) is 0 Å². The first kappa shape index (κ1) is 9.36. The molecule has 0 aliphatic heterocycles. The van der Waals surface area contributed by atoms with Gasteiger partial charge in [-0.25, -0.2) is 0 Å². The van der Waals surface area contributed by atoms with Crippen molar-refractivity contribution in [1.82, 2.24) is 0 Å². The van der Waals surface area contributed by atoms with Crippen LogP contribution in [-0.4, -0.2) is 6.41 Å². The minimum atomic E-state index is 0.355. The summed E-state index contributed by atoms with van der Waals surface area (Å²) >= 11 is 11.3. The highest BCUT2D eigenvalue weighted by Gasteiger charge is 2.00. The lowest BCUT2D eigenvalue weighted by molar-refractivity contribution is -0.105. The van der Waals surface area contributed by atoms with Gasteiger partial charge in [0.1, 0.15) is 0 Å². The lowest BCUT2D eigenvalue weighted by Gasteiger charge is -2.04. The van der Waals surface area contributed by atoms with Gasteiger partial charge in [-0.05, 0) is 17.7 Å². The zero-order valence-corrected chi connectivity index (χ0v) is 7.69. The fourth-order valence-corrected chi connectivity index (χ4v) is 1.27. The Bertz CT molecular complexity index is 288. The van der Waals surface area contributed by atoms with E-state index in [1.807, 2.05) is 0 Å². The molecular formula is C8H7Cl2NO. The number of carbonyl (C=O) groups is 1. The number of benzene rings is 1.